The summed E-state index contributed by atoms with van der Waals surface area (Å²) in [5.41, 5.74) is 1.17. The maximum atomic E-state index is 8.19. The normalized spacial score (nSPS) is 16.1. The molecule has 1 N–H and O–H groups in total. The van der Waals surface area contributed by atoms with Crippen LogP contribution in [0.5, 0.6) is 0 Å². The van der Waals surface area contributed by atoms with Crippen LogP contribution in [0.2, 0.25) is 5.02 Å². The molecule has 3 heteroatoms. The predicted molar refractivity (Wildman–Crippen MR) is 72.6 cm³/mol. The molecule has 1 aromatic carbocycles. The van der Waals surface area contributed by atoms with Crippen molar-refractivity contribution in [3.63, 3.8) is 0 Å². The number of benzene rings is 1. The van der Waals surface area contributed by atoms with E-state index in [2.05, 4.69) is 6.07 Å². The second kappa shape index (κ2) is 5.54. The van der Waals surface area contributed by atoms with Gasteiger partial charge >= 0.3 is 0 Å². The van der Waals surface area contributed by atoms with E-state index < -0.39 is 0 Å². The smallest absolute Gasteiger partial charge is 0.0989 e. The molecule has 1 saturated carbocycles. The maximum absolute atomic E-state index is 8.19. The summed E-state index contributed by atoms with van der Waals surface area (Å²) in [6, 6.07) is 7.88. The van der Waals surface area contributed by atoms with Gasteiger partial charge in [-0.05, 0) is 30.5 Å². The van der Waals surface area contributed by atoms with E-state index >= 15 is 0 Å². The van der Waals surface area contributed by atoms with Crippen molar-refractivity contribution in [2.75, 3.05) is 7.05 Å². The van der Waals surface area contributed by atoms with Crippen molar-refractivity contribution in [2.45, 2.75) is 32.2 Å². The zero-order valence-electron chi connectivity index (χ0n) is 10.2. The minimum atomic E-state index is 0.471. The number of halogens is 1. The van der Waals surface area contributed by atoms with E-state index in [1.54, 1.807) is 0 Å². The average Bonchev–Trinajstić information content (AvgIpc) is 2.81. The Balaban J connectivity index is 1.96. The van der Waals surface area contributed by atoms with Gasteiger partial charge in [-0.25, -0.2) is 0 Å². The van der Waals surface area contributed by atoms with Gasteiger partial charge in [0.1, 0.15) is 0 Å². The summed E-state index contributed by atoms with van der Waals surface area (Å²) in [6.45, 7) is 0.774. The third-order valence-corrected chi connectivity index (χ3v) is 3.70. The first kappa shape index (κ1) is 12.4. The standard InChI is InChI=1S/C14H19ClN2/c1-17(14(16)12-6-2-3-7-12)10-11-5-4-8-13(15)9-11/h4-5,8-9,12,16H,2-3,6-7,10H2,1H3. The summed E-state index contributed by atoms with van der Waals surface area (Å²) in [4.78, 5) is 2.04. The Kier molecular flexibility index (Phi) is 4.06. The largest absolute Gasteiger partial charge is 0.359 e. The number of hydrogen-bond acceptors (Lipinski definition) is 1. The quantitative estimate of drug-likeness (QED) is 0.639. The van der Waals surface area contributed by atoms with Gasteiger partial charge in [0, 0.05) is 24.5 Å². The lowest BCUT2D eigenvalue weighted by atomic mass is 10.1. The highest BCUT2D eigenvalue weighted by Gasteiger charge is 2.22. The molecule has 1 aliphatic rings. The van der Waals surface area contributed by atoms with Crippen molar-refractivity contribution in [1.29, 1.82) is 5.41 Å². The van der Waals surface area contributed by atoms with Crippen LogP contribution >= 0.6 is 11.6 Å². The summed E-state index contributed by atoms with van der Waals surface area (Å²) in [5.74, 6) is 1.25. The molecule has 0 amide bonds. The third kappa shape index (κ3) is 3.22. The van der Waals surface area contributed by atoms with Gasteiger partial charge in [0.25, 0.3) is 0 Å². The van der Waals surface area contributed by atoms with Crippen molar-refractivity contribution >= 4 is 17.4 Å². The summed E-state index contributed by atoms with van der Waals surface area (Å²) < 4.78 is 0. The highest BCUT2D eigenvalue weighted by Crippen LogP contribution is 2.27. The first-order valence-corrected chi connectivity index (χ1v) is 6.58. The predicted octanol–water partition coefficient (Wildman–Crippen LogP) is 3.94. The van der Waals surface area contributed by atoms with Gasteiger partial charge in [0.2, 0.25) is 0 Å². The highest BCUT2D eigenvalue weighted by molar-refractivity contribution is 6.30. The fourth-order valence-corrected chi connectivity index (χ4v) is 2.72. The molecule has 2 nitrogen and oxygen atoms in total. The van der Waals surface area contributed by atoms with Crippen LogP contribution in [0.25, 0.3) is 0 Å². The molecule has 1 fully saturated rings. The van der Waals surface area contributed by atoms with E-state index in [1.807, 2.05) is 30.1 Å². The molecule has 17 heavy (non-hydrogen) atoms. The Hall–Kier alpha value is -1.02. The van der Waals surface area contributed by atoms with Crippen LogP contribution < -0.4 is 0 Å². The zero-order valence-corrected chi connectivity index (χ0v) is 11.0. The Labute approximate surface area is 108 Å². The molecule has 1 aliphatic carbocycles. The second-order valence-electron chi connectivity index (χ2n) is 4.85. The van der Waals surface area contributed by atoms with Crippen molar-refractivity contribution in [1.82, 2.24) is 4.90 Å². The van der Waals surface area contributed by atoms with E-state index in [1.165, 1.54) is 31.2 Å². The SMILES string of the molecule is CN(Cc1cccc(Cl)c1)C(=N)C1CCCC1. The van der Waals surface area contributed by atoms with Crippen molar-refractivity contribution in [3.05, 3.63) is 34.9 Å². The van der Waals surface area contributed by atoms with Crippen molar-refractivity contribution in [3.8, 4) is 0 Å². The molecular formula is C14H19ClN2. The lowest BCUT2D eigenvalue weighted by Crippen LogP contribution is -2.30. The van der Waals surface area contributed by atoms with Gasteiger partial charge in [-0.3, -0.25) is 5.41 Å². The van der Waals surface area contributed by atoms with E-state index in [0.29, 0.717) is 5.92 Å². The van der Waals surface area contributed by atoms with Gasteiger partial charge in [-0.15, -0.1) is 0 Å². The first-order chi connectivity index (χ1) is 8.16. The summed E-state index contributed by atoms with van der Waals surface area (Å²) in [7, 11) is 2.00. The Bertz CT molecular complexity index is 397. The van der Waals surface area contributed by atoms with Gasteiger partial charge in [0.15, 0.2) is 0 Å². The molecule has 0 heterocycles. The molecule has 0 saturated heterocycles. The summed E-state index contributed by atoms with van der Waals surface area (Å²) >= 11 is 5.96. The highest BCUT2D eigenvalue weighted by atomic mass is 35.5. The number of rotatable bonds is 3. The number of amidine groups is 1. The average molecular weight is 251 g/mol. The molecule has 0 aliphatic heterocycles. The zero-order chi connectivity index (χ0) is 12.3. The van der Waals surface area contributed by atoms with E-state index in [4.69, 9.17) is 17.0 Å². The van der Waals surface area contributed by atoms with Gasteiger partial charge in [0.05, 0.1) is 5.84 Å². The summed E-state index contributed by atoms with van der Waals surface area (Å²) in [6.07, 6.45) is 4.91. The van der Waals surface area contributed by atoms with Crippen molar-refractivity contribution < 1.29 is 0 Å². The molecule has 0 aromatic heterocycles. The fraction of sp³-hybridized carbons (Fsp3) is 0.500. The van der Waals surface area contributed by atoms with Crippen LogP contribution in [0, 0.1) is 11.3 Å². The molecule has 92 valence electrons. The van der Waals surface area contributed by atoms with Crippen LogP contribution in [-0.4, -0.2) is 17.8 Å². The Morgan fingerprint density at radius 3 is 2.76 bits per heavy atom. The molecular weight excluding hydrogens is 232 g/mol. The molecule has 1 aromatic rings. The molecule has 0 radical (unpaired) electrons. The second-order valence-corrected chi connectivity index (χ2v) is 5.29. The van der Waals surface area contributed by atoms with Crippen LogP contribution in [0.15, 0.2) is 24.3 Å². The van der Waals surface area contributed by atoms with Crippen LogP contribution in [0.1, 0.15) is 31.2 Å². The topological polar surface area (TPSA) is 27.1 Å². The lowest BCUT2D eigenvalue weighted by Gasteiger charge is -2.24. The molecule has 2 rings (SSSR count). The summed E-state index contributed by atoms with van der Waals surface area (Å²) in [5, 5.41) is 8.95. The fourth-order valence-electron chi connectivity index (χ4n) is 2.51. The number of nitrogens with one attached hydrogen (secondary N) is 1. The Morgan fingerprint density at radius 2 is 2.12 bits per heavy atom. The third-order valence-electron chi connectivity index (χ3n) is 3.46. The first-order valence-electron chi connectivity index (χ1n) is 6.21. The van der Waals surface area contributed by atoms with Gasteiger partial charge in [-0.1, -0.05) is 36.6 Å². The van der Waals surface area contributed by atoms with Crippen LogP contribution in [0.4, 0.5) is 0 Å². The van der Waals surface area contributed by atoms with Crippen molar-refractivity contribution in [2.24, 2.45) is 5.92 Å². The number of hydrogen-bond donors (Lipinski definition) is 1. The molecule has 0 atom stereocenters. The van der Waals surface area contributed by atoms with E-state index in [0.717, 1.165) is 17.4 Å². The molecule has 0 bridgehead atoms. The number of nitrogens with zero attached hydrogens (tertiary/aromatic N) is 1. The van der Waals surface area contributed by atoms with Gasteiger partial charge in [-0.2, -0.15) is 0 Å². The maximum Gasteiger partial charge on any atom is 0.0989 e. The molecule has 0 unspecified atom stereocenters. The molecule has 0 spiro atoms. The minimum absolute atomic E-state index is 0.471. The minimum Gasteiger partial charge on any atom is -0.359 e. The lowest BCUT2D eigenvalue weighted by molar-refractivity contribution is 0.456. The van der Waals surface area contributed by atoms with E-state index in [-0.39, 0.29) is 0 Å². The monoisotopic (exact) mass is 250 g/mol. The van der Waals surface area contributed by atoms with E-state index in [9.17, 15) is 0 Å². The Morgan fingerprint density at radius 1 is 1.41 bits per heavy atom. The van der Waals surface area contributed by atoms with Crippen LogP contribution in [0.3, 0.4) is 0 Å². The van der Waals surface area contributed by atoms with Gasteiger partial charge < -0.3 is 4.90 Å². The van der Waals surface area contributed by atoms with Crippen LogP contribution in [-0.2, 0) is 6.54 Å².